The number of aliphatic carboxylic acids is 1. The molecule has 1 heterocycles. The first-order valence-electron chi connectivity index (χ1n) is 5.37. The van der Waals surface area contributed by atoms with E-state index in [-0.39, 0.29) is 12.5 Å². The number of allylic oxidation sites excluding steroid dienone is 1. The molecule has 1 rings (SSSR count). The zero-order valence-electron chi connectivity index (χ0n) is 9.77. The van der Waals surface area contributed by atoms with Crippen LogP contribution in [0.1, 0.15) is 13.8 Å². The number of carboxylic acid groups (broad SMARTS) is 1. The Morgan fingerprint density at radius 2 is 1.75 bits per heavy atom. The molecule has 0 aromatic carbocycles. The summed E-state index contributed by atoms with van der Waals surface area (Å²) in [5.41, 5.74) is 0.984. The Labute approximate surface area is 95.3 Å². The summed E-state index contributed by atoms with van der Waals surface area (Å²) in [4.78, 5) is 25.7. The van der Waals surface area contributed by atoms with Gasteiger partial charge in [-0.3, -0.25) is 14.5 Å². The minimum Gasteiger partial charge on any atom is -0.480 e. The van der Waals surface area contributed by atoms with Crippen LogP contribution in [0.5, 0.6) is 0 Å². The lowest BCUT2D eigenvalue weighted by Gasteiger charge is -2.33. The van der Waals surface area contributed by atoms with Crippen molar-refractivity contribution in [2.45, 2.75) is 13.8 Å². The quantitative estimate of drug-likeness (QED) is 0.697. The Morgan fingerprint density at radius 3 is 2.19 bits per heavy atom. The third-order valence-electron chi connectivity index (χ3n) is 2.45. The van der Waals surface area contributed by atoms with Crippen molar-refractivity contribution < 1.29 is 14.7 Å². The smallest absolute Gasteiger partial charge is 0.317 e. The molecule has 0 unspecified atom stereocenters. The predicted octanol–water partition coefficient (Wildman–Crippen LogP) is 0.181. The fourth-order valence-corrected chi connectivity index (χ4v) is 1.66. The van der Waals surface area contributed by atoms with Crippen LogP contribution in [0.4, 0.5) is 0 Å². The van der Waals surface area contributed by atoms with E-state index in [0.29, 0.717) is 26.2 Å². The normalized spacial score (nSPS) is 17.0. The van der Waals surface area contributed by atoms with Crippen LogP contribution in [-0.2, 0) is 9.59 Å². The molecule has 1 saturated heterocycles. The van der Waals surface area contributed by atoms with Crippen LogP contribution >= 0.6 is 0 Å². The molecule has 1 aliphatic heterocycles. The van der Waals surface area contributed by atoms with Gasteiger partial charge in [0.25, 0.3) is 0 Å². The van der Waals surface area contributed by atoms with E-state index < -0.39 is 5.97 Å². The topological polar surface area (TPSA) is 60.9 Å². The molecule has 90 valence electrons. The zero-order valence-corrected chi connectivity index (χ0v) is 9.77. The van der Waals surface area contributed by atoms with Crippen molar-refractivity contribution in [1.29, 1.82) is 0 Å². The zero-order chi connectivity index (χ0) is 12.1. The van der Waals surface area contributed by atoms with Crippen molar-refractivity contribution in [2.24, 2.45) is 0 Å². The van der Waals surface area contributed by atoms with Crippen molar-refractivity contribution in [2.75, 3.05) is 32.7 Å². The first-order valence-corrected chi connectivity index (χ1v) is 5.37. The Balaban J connectivity index is 2.40. The summed E-state index contributed by atoms with van der Waals surface area (Å²) in [6.45, 7) is 6.32. The van der Waals surface area contributed by atoms with E-state index in [1.165, 1.54) is 0 Å². The number of hydrogen-bond acceptors (Lipinski definition) is 3. The highest BCUT2D eigenvalue weighted by Crippen LogP contribution is 2.03. The van der Waals surface area contributed by atoms with E-state index >= 15 is 0 Å². The Kier molecular flexibility index (Phi) is 4.49. The maximum Gasteiger partial charge on any atom is 0.317 e. The molecule has 0 bridgehead atoms. The molecular weight excluding hydrogens is 208 g/mol. The molecule has 1 fully saturated rings. The fraction of sp³-hybridized carbons (Fsp3) is 0.636. The van der Waals surface area contributed by atoms with Crippen molar-refractivity contribution in [3.05, 3.63) is 11.6 Å². The fourth-order valence-electron chi connectivity index (χ4n) is 1.66. The second kappa shape index (κ2) is 5.65. The number of carbonyl (C=O) groups is 2. The molecule has 5 nitrogen and oxygen atoms in total. The van der Waals surface area contributed by atoms with Crippen molar-refractivity contribution in [3.8, 4) is 0 Å². The number of amides is 1. The minimum absolute atomic E-state index is 0.0231. The van der Waals surface area contributed by atoms with Crippen molar-refractivity contribution in [3.63, 3.8) is 0 Å². The van der Waals surface area contributed by atoms with Gasteiger partial charge in [-0.2, -0.15) is 0 Å². The van der Waals surface area contributed by atoms with Crippen LogP contribution in [0.15, 0.2) is 11.6 Å². The lowest BCUT2D eigenvalue weighted by Crippen LogP contribution is -2.49. The molecular formula is C11H18N2O3. The lowest BCUT2D eigenvalue weighted by molar-refractivity contribution is -0.139. The molecule has 0 radical (unpaired) electrons. The first-order chi connectivity index (χ1) is 7.49. The number of rotatable bonds is 3. The van der Waals surface area contributed by atoms with Gasteiger partial charge in [0.2, 0.25) is 5.91 Å². The van der Waals surface area contributed by atoms with Crippen LogP contribution in [0.2, 0.25) is 0 Å². The first kappa shape index (κ1) is 12.7. The number of hydrogen-bond donors (Lipinski definition) is 1. The molecule has 0 aromatic rings. The summed E-state index contributed by atoms with van der Waals surface area (Å²) in [6, 6.07) is 0. The molecule has 0 spiro atoms. The largest absolute Gasteiger partial charge is 0.480 e. The van der Waals surface area contributed by atoms with E-state index in [0.717, 1.165) is 5.57 Å². The number of nitrogens with zero attached hydrogens (tertiary/aromatic N) is 2. The molecule has 0 aliphatic carbocycles. The van der Waals surface area contributed by atoms with Gasteiger partial charge >= 0.3 is 5.97 Å². The minimum atomic E-state index is -0.816. The van der Waals surface area contributed by atoms with Crippen LogP contribution < -0.4 is 0 Å². The average molecular weight is 226 g/mol. The molecule has 1 aliphatic rings. The molecule has 0 aromatic heterocycles. The summed E-state index contributed by atoms with van der Waals surface area (Å²) < 4.78 is 0. The van der Waals surface area contributed by atoms with Crippen molar-refractivity contribution in [1.82, 2.24) is 9.80 Å². The Bertz CT molecular complexity index is 300. The van der Waals surface area contributed by atoms with Crippen LogP contribution in [0, 0.1) is 0 Å². The third-order valence-corrected chi connectivity index (χ3v) is 2.45. The molecule has 5 heteroatoms. The standard InChI is InChI=1S/C11H18N2O3/c1-9(2)7-10(14)13-5-3-12(4-6-13)8-11(15)16/h7H,3-6,8H2,1-2H3,(H,15,16). The molecule has 0 atom stereocenters. The summed E-state index contributed by atoms with van der Waals surface area (Å²) in [7, 11) is 0. The Morgan fingerprint density at radius 1 is 1.19 bits per heavy atom. The van der Waals surface area contributed by atoms with E-state index in [2.05, 4.69) is 0 Å². The van der Waals surface area contributed by atoms with Crippen LogP contribution in [-0.4, -0.2) is 59.5 Å². The second-order valence-electron chi connectivity index (χ2n) is 4.22. The van der Waals surface area contributed by atoms with Gasteiger partial charge in [0.15, 0.2) is 0 Å². The maximum atomic E-state index is 11.7. The predicted molar refractivity (Wildman–Crippen MR) is 60.1 cm³/mol. The van der Waals surface area contributed by atoms with Crippen molar-refractivity contribution >= 4 is 11.9 Å². The van der Waals surface area contributed by atoms with Gasteiger partial charge in [-0.25, -0.2) is 0 Å². The summed E-state index contributed by atoms with van der Waals surface area (Å²) in [5.74, 6) is -0.793. The maximum absolute atomic E-state index is 11.7. The summed E-state index contributed by atoms with van der Waals surface area (Å²) >= 11 is 0. The SMILES string of the molecule is CC(C)=CC(=O)N1CCN(CC(=O)O)CC1. The van der Waals surface area contributed by atoms with Gasteiger partial charge in [0.05, 0.1) is 6.54 Å². The summed E-state index contributed by atoms with van der Waals surface area (Å²) in [6.07, 6.45) is 1.62. The molecule has 0 saturated carbocycles. The van der Waals surface area contributed by atoms with Gasteiger partial charge in [0, 0.05) is 32.3 Å². The number of carboxylic acids is 1. The Hall–Kier alpha value is -1.36. The van der Waals surface area contributed by atoms with E-state index in [9.17, 15) is 9.59 Å². The van der Waals surface area contributed by atoms with Crippen LogP contribution in [0.3, 0.4) is 0 Å². The van der Waals surface area contributed by atoms with E-state index in [4.69, 9.17) is 5.11 Å². The summed E-state index contributed by atoms with van der Waals surface area (Å²) in [5, 5.41) is 8.63. The molecule has 1 N–H and O–H groups in total. The lowest BCUT2D eigenvalue weighted by atomic mass is 10.2. The number of piperazine rings is 1. The third kappa shape index (κ3) is 4.02. The van der Waals surface area contributed by atoms with Gasteiger partial charge in [-0.05, 0) is 13.8 Å². The highest BCUT2D eigenvalue weighted by molar-refractivity contribution is 5.88. The average Bonchev–Trinajstić information content (AvgIpc) is 2.16. The van der Waals surface area contributed by atoms with E-state index in [1.54, 1.807) is 11.0 Å². The monoisotopic (exact) mass is 226 g/mol. The van der Waals surface area contributed by atoms with Gasteiger partial charge in [-0.15, -0.1) is 0 Å². The molecule has 1 amide bonds. The van der Waals surface area contributed by atoms with Gasteiger partial charge in [-0.1, -0.05) is 5.57 Å². The second-order valence-corrected chi connectivity index (χ2v) is 4.22. The molecule has 16 heavy (non-hydrogen) atoms. The number of carbonyl (C=O) groups excluding carboxylic acids is 1. The van der Waals surface area contributed by atoms with E-state index in [1.807, 2.05) is 18.7 Å². The van der Waals surface area contributed by atoms with Crippen LogP contribution in [0.25, 0.3) is 0 Å². The highest BCUT2D eigenvalue weighted by atomic mass is 16.4. The van der Waals surface area contributed by atoms with Gasteiger partial charge in [0.1, 0.15) is 0 Å². The highest BCUT2D eigenvalue weighted by Gasteiger charge is 2.20. The van der Waals surface area contributed by atoms with Gasteiger partial charge < -0.3 is 10.0 Å².